The fraction of sp³-hybridized carbons (Fsp3) is 0.0426. The number of aromatic nitrogens is 3. The largest absolute Gasteiger partial charge is 3.00 e. The van der Waals surface area contributed by atoms with E-state index in [2.05, 4.69) is 33.2 Å². The molecule has 11 heteroatoms. The predicted molar refractivity (Wildman–Crippen MR) is 208 cm³/mol. The monoisotopic (exact) mass is 959 g/mol. The molecule has 0 atom stereocenters. The first-order valence-corrected chi connectivity index (χ1v) is 17.3. The van der Waals surface area contributed by atoms with Crippen LogP contribution in [0, 0.1) is 24.0 Å². The first-order valence-electron chi connectivity index (χ1n) is 17.3. The molecule has 3 heterocycles. The van der Waals surface area contributed by atoms with E-state index in [4.69, 9.17) is 0 Å². The van der Waals surface area contributed by atoms with Crippen LogP contribution in [0.5, 0.6) is 0 Å². The van der Waals surface area contributed by atoms with Crippen LogP contribution in [0.4, 0.5) is 30.7 Å². The van der Waals surface area contributed by atoms with Crippen molar-refractivity contribution in [1.29, 1.82) is 0 Å². The molecule has 58 heavy (non-hydrogen) atoms. The molecule has 0 radical (unpaired) electrons. The van der Waals surface area contributed by atoms with Crippen molar-refractivity contribution >= 4 is 32.3 Å². The number of benzene rings is 6. The second kappa shape index (κ2) is 17.9. The zero-order valence-corrected chi connectivity index (χ0v) is 32.3. The summed E-state index contributed by atoms with van der Waals surface area (Å²) in [6, 6.07) is 48.4. The normalized spacial score (nSPS) is 11.2. The summed E-state index contributed by atoms with van der Waals surface area (Å²) < 4.78 is 88.1. The van der Waals surface area contributed by atoms with Gasteiger partial charge in [0.05, 0.1) is 0 Å². The molecule has 3 aromatic heterocycles. The fourth-order valence-electron chi connectivity index (χ4n) is 6.05. The zero-order chi connectivity index (χ0) is 40.0. The molecule has 0 saturated carbocycles. The summed E-state index contributed by atoms with van der Waals surface area (Å²) >= 11 is 0. The number of fused-ring (bicyclic) bond motifs is 3. The van der Waals surface area contributed by atoms with Crippen LogP contribution >= 0.6 is 0 Å². The molecular formula is C47H27F7IrN3. The molecule has 0 aliphatic heterocycles. The van der Waals surface area contributed by atoms with Crippen LogP contribution in [-0.2, 0) is 32.5 Å². The van der Waals surface area contributed by atoms with Gasteiger partial charge in [0.25, 0.3) is 0 Å². The third-order valence-electron chi connectivity index (χ3n) is 8.84. The van der Waals surface area contributed by atoms with Gasteiger partial charge in [0.1, 0.15) is 0 Å². The summed E-state index contributed by atoms with van der Waals surface area (Å²) in [6.07, 6.45) is -3.65. The SMILES string of the molecule is FC(F)(F)c1c[c-]c(-c2nccc3ccccc23)cc1.FC(F)(F)c1c[c-]c(-c2nccc3ccccc23)cc1.Fc1c[c-]c(-c2nccc3ccccc23)cc1.[Ir+3]. The molecule has 0 spiro atoms. The Hall–Kier alpha value is -6.29. The molecule has 6 aromatic carbocycles. The molecule has 0 N–H and O–H groups in total. The van der Waals surface area contributed by atoms with Gasteiger partial charge in [0, 0.05) is 24.4 Å². The number of rotatable bonds is 3. The second-order valence-corrected chi connectivity index (χ2v) is 12.5. The molecule has 0 aliphatic carbocycles. The van der Waals surface area contributed by atoms with Crippen molar-refractivity contribution in [2.45, 2.75) is 12.4 Å². The van der Waals surface area contributed by atoms with Crippen LogP contribution in [0.25, 0.3) is 66.1 Å². The fourth-order valence-corrected chi connectivity index (χ4v) is 6.05. The maximum absolute atomic E-state index is 12.9. The Morgan fingerprint density at radius 1 is 0.379 bits per heavy atom. The van der Waals surface area contributed by atoms with Gasteiger partial charge in [0.2, 0.25) is 0 Å². The molecule has 0 unspecified atom stereocenters. The minimum Gasteiger partial charge on any atom is -0.304 e. The van der Waals surface area contributed by atoms with E-state index in [0.717, 1.165) is 67.8 Å². The second-order valence-electron chi connectivity index (χ2n) is 12.5. The first kappa shape index (κ1) is 41.3. The van der Waals surface area contributed by atoms with Crippen LogP contribution < -0.4 is 0 Å². The topological polar surface area (TPSA) is 38.7 Å². The van der Waals surface area contributed by atoms with E-state index in [1.807, 2.05) is 91.0 Å². The Morgan fingerprint density at radius 2 is 0.707 bits per heavy atom. The summed E-state index contributed by atoms with van der Waals surface area (Å²) in [5.74, 6) is -0.283. The van der Waals surface area contributed by atoms with Crippen molar-refractivity contribution in [3.8, 4) is 33.8 Å². The molecule has 0 amide bonds. The van der Waals surface area contributed by atoms with Gasteiger partial charge in [0.15, 0.2) is 0 Å². The van der Waals surface area contributed by atoms with E-state index < -0.39 is 23.5 Å². The van der Waals surface area contributed by atoms with E-state index >= 15 is 0 Å². The average molecular weight is 959 g/mol. The van der Waals surface area contributed by atoms with E-state index in [-0.39, 0.29) is 25.9 Å². The van der Waals surface area contributed by atoms with Crippen LogP contribution in [0.3, 0.4) is 0 Å². The van der Waals surface area contributed by atoms with E-state index in [1.54, 1.807) is 24.7 Å². The number of halogens is 7. The number of hydrogen-bond donors (Lipinski definition) is 0. The number of pyridine rings is 3. The molecule has 0 fully saturated rings. The van der Waals surface area contributed by atoms with Gasteiger partial charge in [-0.15, -0.1) is 89.5 Å². The van der Waals surface area contributed by atoms with Gasteiger partial charge >= 0.3 is 32.5 Å². The third kappa shape index (κ3) is 9.62. The summed E-state index contributed by atoms with van der Waals surface area (Å²) in [6.45, 7) is 0. The van der Waals surface area contributed by atoms with Crippen LogP contribution in [-0.4, -0.2) is 15.0 Å². The van der Waals surface area contributed by atoms with Gasteiger partial charge < -0.3 is 15.0 Å². The Labute approximate surface area is 342 Å². The first-order chi connectivity index (χ1) is 27.5. The predicted octanol–water partition coefficient (Wildman–Crippen LogP) is 13.3. The Kier molecular flexibility index (Phi) is 12.7. The summed E-state index contributed by atoms with van der Waals surface area (Å²) in [5.41, 5.74) is 2.60. The third-order valence-corrected chi connectivity index (χ3v) is 8.84. The smallest absolute Gasteiger partial charge is 0.304 e. The van der Waals surface area contributed by atoms with Crippen molar-refractivity contribution in [2.75, 3.05) is 0 Å². The maximum Gasteiger partial charge on any atom is 3.00 e. The Morgan fingerprint density at radius 3 is 1.00 bits per heavy atom. The van der Waals surface area contributed by atoms with E-state index in [0.29, 0.717) is 22.5 Å². The number of nitrogens with zero attached hydrogens (tertiary/aromatic N) is 3. The average Bonchev–Trinajstić information content (AvgIpc) is 3.23. The van der Waals surface area contributed by atoms with Crippen LogP contribution in [0.15, 0.2) is 164 Å². The van der Waals surface area contributed by atoms with Crippen molar-refractivity contribution in [3.63, 3.8) is 0 Å². The van der Waals surface area contributed by atoms with Gasteiger partial charge in [-0.2, -0.15) is 26.3 Å². The van der Waals surface area contributed by atoms with E-state index in [1.165, 1.54) is 24.3 Å². The summed E-state index contributed by atoms with van der Waals surface area (Å²) in [5, 5.41) is 5.95. The molecule has 3 nitrogen and oxygen atoms in total. The van der Waals surface area contributed by atoms with Crippen molar-refractivity contribution < 1.29 is 50.8 Å². The molecule has 0 aliphatic rings. The van der Waals surface area contributed by atoms with Crippen LogP contribution in [0.2, 0.25) is 0 Å². The van der Waals surface area contributed by atoms with Gasteiger partial charge in [-0.3, -0.25) is 4.39 Å². The zero-order valence-electron chi connectivity index (χ0n) is 29.9. The molecule has 9 aromatic rings. The van der Waals surface area contributed by atoms with Gasteiger partial charge in [-0.05, 0) is 78.7 Å². The standard InChI is InChI=1S/2C16H9F3N.C15H9FN.Ir/c2*17-16(18,19)13-7-5-12(6-8-13)15-14-4-2-1-3-11(14)9-10-20-15;16-13-7-5-12(6-8-13)15-14-4-2-1-3-11(14)9-10-17-15;/h2*1-5,7-10H;1-5,7-10H;/q3*-1;+3. The molecule has 0 bridgehead atoms. The quantitative estimate of drug-likeness (QED) is 0.131. The maximum atomic E-state index is 12.9. The van der Waals surface area contributed by atoms with Gasteiger partial charge in [-0.25, -0.2) is 0 Å². The van der Waals surface area contributed by atoms with Crippen molar-refractivity contribution in [2.24, 2.45) is 0 Å². The molecular weight excluding hydrogens is 932 g/mol. The summed E-state index contributed by atoms with van der Waals surface area (Å²) in [4.78, 5) is 12.9. The summed E-state index contributed by atoms with van der Waals surface area (Å²) in [7, 11) is 0. The number of hydrogen-bond acceptors (Lipinski definition) is 3. The van der Waals surface area contributed by atoms with Crippen molar-refractivity contribution in [3.05, 3.63) is 199 Å². The Balaban J connectivity index is 0.000000146. The molecule has 0 saturated heterocycles. The minimum atomic E-state index is -4.35. The van der Waals surface area contributed by atoms with Gasteiger partial charge in [-0.1, -0.05) is 72.8 Å². The minimum absolute atomic E-state index is 0. The van der Waals surface area contributed by atoms with E-state index in [9.17, 15) is 30.7 Å². The van der Waals surface area contributed by atoms with Crippen LogP contribution in [0.1, 0.15) is 11.1 Å². The molecule has 288 valence electrons. The Bertz CT molecular complexity index is 2620. The van der Waals surface area contributed by atoms with Crippen molar-refractivity contribution in [1.82, 2.24) is 15.0 Å². The molecule has 9 rings (SSSR count). The number of alkyl halides is 6.